The van der Waals surface area contributed by atoms with Crippen molar-refractivity contribution in [2.24, 2.45) is 0 Å². The Morgan fingerprint density at radius 2 is 2.22 bits per heavy atom. The lowest BCUT2D eigenvalue weighted by Crippen LogP contribution is -2.42. The molecule has 1 aromatic carbocycles. The SMILES string of the molecule is Cc1cc(Br)ccc1N1CCCNC(C)CC1=O. The molecule has 4 heteroatoms. The summed E-state index contributed by atoms with van der Waals surface area (Å²) < 4.78 is 1.05. The molecule has 0 saturated carbocycles. The van der Waals surface area contributed by atoms with Crippen LogP contribution >= 0.6 is 15.9 Å². The predicted molar refractivity (Wildman–Crippen MR) is 77.9 cm³/mol. The summed E-state index contributed by atoms with van der Waals surface area (Å²) in [4.78, 5) is 14.2. The monoisotopic (exact) mass is 310 g/mol. The van der Waals surface area contributed by atoms with Crippen molar-refractivity contribution in [1.82, 2.24) is 5.32 Å². The molecule has 0 aliphatic carbocycles. The molecular weight excluding hydrogens is 292 g/mol. The number of hydrogen-bond donors (Lipinski definition) is 1. The number of benzene rings is 1. The molecular formula is C14H19BrN2O. The molecule has 0 bridgehead atoms. The summed E-state index contributed by atoms with van der Waals surface area (Å²) in [6, 6.07) is 6.34. The van der Waals surface area contributed by atoms with Crippen LogP contribution in [0.5, 0.6) is 0 Å². The number of aryl methyl sites for hydroxylation is 1. The zero-order chi connectivity index (χ0) is 13.1. The van der Waals surface area contributed by atoms with E-state index in [0.717, 1.165) is 35.2 Å². The highest BCUT2D eigenvalue weighted by Gasteiger charge is 2.21. The third-order valence-electron chi connectivity index (χ3n) is 3.28. The molecule has 1 heterocycles. The van der Waals surface area contributed by atoms with E-state index < -0.39 is 0 Å². The summed E-state index contributed by atoms with van der Waals surface area (Å²) in [5, 5.41) is 3.36. The third-order valence-corrected chi connectivity index (χ3v) is 3.78. The highest BCUT2D eigenvalue weighted by molar-refractivity contribution is 9.10. The second kappa shape index (κ2) is 5.85. The topological polar surface area (TPSA) is 32.3 Å². The van der Waals surface area contributed by atoms with Crippen LogP contribution in [-0.4, -0.2) is 25.0 Å². The quantitative estimate of drug-likeness (QED) is 0.865. The van der Waals surface area contributed by atoms with E-state index in [1.54, 1.807) is 0 Å². The smallest absolute Gasteiger partial charge is 0.228 e. The number of nitrogens with zero attached hydrogens (tertiary/aromatic N) is 1. The average molecular weight is 311 g/mol. The number of halogens is 1. The Morgan fingerprint density at radius 1 is 1.44 bits per heavy atom. The first-order valence-corrected chi connectivity index (χ1v) is 7.17. The Bertz CT molecular complexity index is 447. The van der Waals surface area contributed by atoms with Crippen LogP contribution in [0.3, 0.4) is 0 Å². The van der Waals surface area contributed by atoms with E-state index >= 15 is 0 Å². The van der Waals surface area contributed by atoms with E-state index in [-0.39, 0.29) is 11.9 Å². The van der Waals surface area contributed by atoms with E-state index in [4.69, 9.17) is 0 Å². The van der Waals surface area contributed by atoms with Gasteiger partial charge in [-0.3, -0.25) is 4.79 Å². The first kappa shape index (κ1) is 13.6. The number of carbonyl (C=O) groups excluding carboxylic acids is 1. The number of anilines is 1. The van der Waals surface area contributed by atoms with E-state index in [1.807, 2.05) is 24.0 Å². The van der Waals surface area contributed by atoms with Gasteiger partial charge in [-0.2, -0.15) is 0 Å². The number of hydrogen-bond acceptors (Lipinski definition) is 2. The van der Waals surface area contributed by atoms with Crippen LogP contribution in [0, 0.1) is 6.92 Å². The van der Waals surface area contributed by atoms with Gasteiger partial charge >= 0.3 is 0 Å². The van der Waals surface area contributed by atoms with E-state index in [2.05, 4.69) is 34.2 Å². The number of amides is 1. The molecule has 1 aliphatic heterocycles. The molecule has 18 heavy (non-hydrogen) atoms. The number of rotatable bonds is 1. The molecule has 1 aromatic rings. The molecule has 1 amide bonds. The lowest BCUT2D eigenvalue weighted by Gasteiger charge is -2.29. The summed E-state index contributed by atoms with van der Waals surface area (Å²) >= 11 is 3.46. The molecule has 1 N–H and O–H groups in total. The van der Waals surface area contributed by atoms with Crippen molar-refractivity contribution in [1.29, 1.82) is 0 Å². The molecule has 0 radical (unpaired) electrons. The molecule has 1 unspecified atom stereocenters. The fourth-order valence-electron chi connectivity index (χ4n) is 2.33. The molecule has 1 fully saturated rings. The van der Waals surface area contributed by atoms with Crippen LogP contribution in [0.1, 0.15) is 25.3 Å². The summed E-state index contributed by atoms with van der Waals surface area (Å²) in [5.74, 6) is 0.208. The van der Waals surface area contributed by atoms with E-state index in [1.165, 1.54) is 0 Å². The predicted octanol–water partition coefficient (Wildman–Crippen LogP) is 2.86. The van der Waals surface area contributed by atoms with Crippen LogP contribution in [0.2, 0.25) is 0 Å². The lowest BCUT2D eigenvalue weighted by atomic mass is 10.1. The van der Waals surface area contributed by atoms with Gasteiger partial charge in [0.1, 0.15) is 0 Å². The standard InChI is InChI=1S/C14H19BrN2O/c1-10-8-12(15)4-5-13(10)17-7-3-6-16-11(2)9-14(17)18/h4-5,8,11,16H,3,6-7,9H2,1-2H3. The molecule has 98 valence electrons. The first-order chi connectivity index (χ1) is 8.58. The third kappa shape index (κ3) is 3.12. The minimum Gasteiger partial charge on any atom is -0.314 e. The zero-order valence-corrected chi connectivity index (χ0v) is 12.5. The van der Waals surface area contributed by atoms with Crippen LogP contribution in [-0.2, 0) is 4.79 Å². The molecule has 3 nitrogen and oxygen atoms in total. The normalized spacial score (nSPS) is 21.6. The number of nitrogens with one attached hydrogen (secondary N) is 1. The van der Waals surface area contributed by atoms with Crippen LogP contribution in [0.15, 0.2) is 22.7 Å². The van der Waals surface area contributed by atoms with E-state index in [9.17, 15) is 4.79 Å². The second-order valence-electron chi connectivity index (χ2n) is 4.89. The van der Waals surface area contributed by atoms with Crippen molar-refractivity contribution < 1.29 is 4.79 Å². The zero-order valence-electron chi connectivity index (χ0n) is 10.9. The van der Waals surface area contributed by atoms with Crippen LogP contribution < -0.4 is 10.2 Å². The summed E-state index contributed by atoms with van der Waals surface area (Å²) in [7, 11) is 0. The number of carbonyl (C=O) groups is 1. The Balaban J connectivity index is 2.26. The van der Waals surface area contributed by atoms with Gasteiger partial charge in [-0.25, -0.2) is 0 Å². The van der Waals surface area contributed by atoms with Crippen LogP contribution in [0.25, 0.3) is 0 Å². The van der Waals surface area contributed by atoms with Gasteiger partial charge in [0.2, 0.25) is 5.91 Å². The largest absolute Gasteiger partial charge is 0.314 e. The highest BCUT2D eigenvalue weighted by Crippen LogP contribution is 2.25. The van der Waals surface area contributed by atoms with Gasteiger partial charge in [0.15, 0.2) is 0 Å². The summed E-state index contributed by atoms with van der Waals surface area (Å²) in [6.45, 7) is 5.88. The van der Waals surface area contributed by atoms with Crippen molar-refractivity contribution in [2.75, 3.05) is 18.0 Å². The van der Waals surface area contributed by atoms with Crippen molar-refractivity contribution in [3.63, 3.8) is 0 Å². The van der Waals surface area contributed by atoms with Gasteiger partial charge < -0.3 is 10.2 Å². The van der Waals surface area contributed by atoms with Gasteiger partial charge in [-0.15, -0.1) is 0 Å². The first-order valence-electron chi connectivity index (χ1n) is 6.38. The molecule has 0 spiro atoms. The minimum atomic E-state index is 0.208. The Hall–Kier alpha value is -0.870. The van der Waals surface area contributed by atoms with Crippen molar-refractivity contribution >= 4 is 27.5 Å². The highest BCUT2D eigenvalue weighted by atomic mass is 79.9. The van der Waals surface area contributed by atoms with Gasteiger partial charge in [-0.1, -0.05) is 15.9 Å². The maximum Gasteiger partial charge on any atom is 0.228 e. The van der Waals surface area contributed by atoms with Gasteiger partial charge in [-0.05, 0) is 50.6 Å². The Morgan fingerprint density at radius 3 is 2.94 bits per heavy atom. The average Bonchev–Trinajstić information content (AvgIpc) is 2.28. The van der Waals surface area contributed by atoms with Crippen molar-refractivity contribution in [3.8, 4) is 0 Å². The van der Waals surface area contributed by atoms with Crippen molar-refractivity contribution in [2.45, 2.75) is 32.7 Å². The Labute approximate surface area is 117 Å². The maximum absolute atomic E-state index is 12.3. The van der Waals surface area contributed by atoms with Gasteiger partial charge in [0.05, 0.1) is 0 Å². The van der Waals surface area contributed by atoms with Gasteiger partial charge in [0, 0.05) is 29.2 Å². The minimum absolute atomic E-state index is 0.208. The van der Waals surface area contributed by atoms with E-state index in [0.29, 0.717) is 6.42 Å². The molecule has 1 aliphatic rings. The molecule has 2 rings (SSSR count). The second-order valence-corrected chi connectivity index (χ2v) is 5.80. The van der Waals surface area contributed by atoms with Gasteiger partial charge in [0.25, 0.3) is 0 Å². The fraction of sp³-hybridized carbons (Fsp3) is 0.500. The van der Waals surface area contributed by atoms with Crippen molar-refractivity contribution in [3.05, 3.63) is 28.2 Å². The van der Waals surface area contributed by atoms with Crippen LogP contribution in [0.4, 0.5) is 5.69 Å². The lowest BCUT2D eigenvalue weighted by molar-refractivity contribution is -0.119. The summed E-state index contributed by atoms with van der Waals surface area (Å²) in [6.07, 6.45) is 1.56. The summed E-state index contributed by atoms with van der Waals surface area (Å²) in [5.41, 5.74) is 2.18. The fourth-order valence-corrected chi connectivity index (χ4v) is 2.81. The maximum atomic E-state index is 12.3. The Kier molecular flexibility index (Phi) is 4.40. The molecule has 0 aromatic heterocycles. The molecule has 1 atom stereocenters. The molecule has 1 saturated heterocycles.